The second-order valence-corrected chi connectivity index (χ2v) is 5.88. The van der Waals surface area contributed by atoms with E-state index in [0.717, 1.165) is 11.1 Å². The molecule has 0 fully saturated rings. The van der Waals surface area contributed by atoms with E-state index >= 15 is 0 Å². The summed E-state index contributed by atoms with van der Waals surface area (Å²) in [5.41, 5.74) is 7.33. The van der Waals surface area contributed by atoms with Gasteiger partial charge in [-0.3, -0.25) is 4.68 Å². The van der Waals surface area contributed by atoms with Crippen molar-refractivity contribution in [3.63, 3.8) is 0 Å². The van der Waals surface area contributed by atoms with Gasteiger partial charge < -0.3 is 5.73 Å². The SMILES string of the molecule is Cn1ncc(-c2cccc(S(C)(=O)=O)c2)c1N. The largest absolute Gasteiger partial charge is 0.383 e. The van der Waals surface area contributed by atoms with Gasteiger partial charge in [-0.05, 0) is 17.7 Å². The van der Waals surface area contributed by atoms with E-state index in [1.807, 2.05) is 6.07 Å². The molecule has 0 amide bonds. The molecule has 0 bridgehead atoms. The van der Waals surface area contributed by atoms with Gasteiger partial charge in [0, 0.05) is 18.9 Å². The van der Waals surface area contributed by atoms with Crippen LogP contribution in [-0.2, 0) is 16.9 Å². The summed E-state index contributed by atoms with van der Waals surface area (Å²) >= 11 is 0. The Balaban J connectivity index is 2.58. The Hall–Kier alpha value is -1.82. The van der Waals surface area contributed by atoms with E-state index in [0.29, 0.717) is 5.82 Å². The summed E-state index contributed by atoms with van der Waals surface area (Å²) in [4.78, 5) is 0.276. The fourth-order valence-electron chi connectivity index (χ4n) is 1.56. The number of hydrogen-bond donors (Lipinski definition) is 1. The molecule has 2 N–H and O–H groups in total. The van der Waals surface area contributed by atoms with E-state index < -0.39 is 9.84 Å². The van der Waals surface area contributed by atoms with E-state index in [2.05, 4.69) is 5.10 Å². The number of hydrogen-bond acceptors (Lipinski definition) is 4. The number of rotatable bonds is 2. The predicted octanol–water partition coefficient (Wildman–Crippen LogP) is 1.07. The molecule has 0 unspecified atom stereocenters. The van der Waals surface area contributed by atoms with Crippen LogP contribution in [0.5, 0.6) is 0 Å². The van der Waals surface area contributed by atoms with E-state index in [-0.39, 0.29) is 4.90 Å². The van der Waals surface area contributed by atoms with Crippen LogP contribution in [0, 0.1) is 0 Å². The van der Waals surface area contributed by atoms with E-state index in [4.69, 9.17) is 5.73 Å². The Bertz CT molecular complexity index is 659. The molecule has 90 valence electrons. The van der Waals surface area contributed by atoms with Gasteiger partial charge in [0.2, 0.25) is 0 Å². The zero-order chi connectivity index (χ0) is 12.6. The number of sulfone groups is 1. The van der Waals surface area contributed by atoms with Crippen LogP contribution < -0.4 is 5.73 Å². The number of nitrogens with zero attached hydrogens (tertiary/aromatic N) is 2. The average molecular weight is 251 g/mol. The van der Waals surface area contributed by atoms with Crippen molar-refractivity contribution in [3.8, 4) is 11.1 Å². The summed E-state index contributed by atoms with van der Waals surface area (Å²) in [6.45, 7) is 0. The summed E-state index contributed by atoms with van der Waals surface area (Å²) in [7, 11) is -1.47. The number of aryl methyl sites for hydroxylation is 1. The molecule has 0 spiro atoms. The molecule has 1 aromatic heterocycles. The van der Waals surface area contributed by atoms with Crippen LogP contribution in [0.3, 0.4) is 0 Å². The minimum atomic E-state index is -3.21. The summed E-state index contributed by atoms with van der Waals surface area (Å²) in [6.07, 6.45) is 2.80. The summed E-state index contributed by atoms with van der Waals surface area (Å²) in [6, 6.07) is 6.66. The lowest BCUT2D eigenvalue weighted by molar-refractivity contribution is 0.602. The molecule has 0 radical (unpaired) electrons. The van der Waals surface area contributed by atoms with Crippen LogP contribution in [0.4, 0.5) is 5.82 Å². The van der Waals surface area contributed by atoms with Crippen LogP contribution >= 0.6 is 0 Å². The highest BCUT2D eigenvalue weighted by Crippen LogP contribution is 2.26. The number of anilines is 1. The van der Waals surface area contributed by atoms with Gasteiger partial charge in [-0.25, -0.2) is 8.42 Å². The molecule has 2 rings (SSSR count). The number of benzene rings is 1. The molecule has 17 heavy (non-hydrogen) atoms. The minimum Gasteiger partial charge on any atom is -0.383 e. The molecule has 0 aliphatic carbocycles. The Morgan fingerprint density at radius 1 is 1.35 bits per heavy atom. The molecule has 0 aliphatic rings. The molecular formula is C11H13N3O2S. The van der Waals surface area contributed by atoms with Crippen molar-refractivity contribution in [1.82, 2.24) is 9.78 Å². The van der Waals surface area contributed by atoms with Crippen molar-refractivity contribution >= 4 is 15.7 Å². The van der Waals surface area contributed by atoms with Crippen LogP contribution in [0.1, 0.15) is 0 Å². The Labute approximate surface area is 99.8 Å². The van der Waals surface area contributed by atoms with Crippen LogP contribution in [0.15, 0.2) is 35.4 Å². The van der Waals surface area contributed by atoms with Gasteiger partial charge >= 0.3 is 0 Å². The van der Waals surface area contributed by atoms with Gasteiger partial charge in [0.25, 0.3) is 0 Å². The normalized spacial score (nSPS) is 11.6. The monoisotopic (exact) mass is 251 g/mol. The highest BCUT2D eigenvalue weighted by atomic mass is 32.2. The first-order chi connectivity index (χ1) is 7.89. The van der Waals surface area contributed by atoms with Crippen molar-refractivity contribution in [2.45, 2.75) is 4.90 Å². The van der Waals surface area contributed by atoms with Crippen LogP contribution in [0.25, 0.3) is 11.1 Å². The molecule has 0 aliphatic heterocycles. The van der Waals surface area contributed by atoms with Gasteiger partial charge in [0.05, 0.1) is 11.1 Å². The molecule has 0 saturated carbocycles. The van der Waals surface area contributed by atoms with Crippen molar-refractivity contribution in [2.75, 3.05) is 12.0 Å². The second kappa shape index (κ2) is 3.89. The number of nitrogens with two attached hydrogens (primary N) is 1. The first kappa shape index (κ1) is 11.7. The molecule has 2 aromatic rings. The van der Waals surface area contributed by atoms with E-state index in [9.17, 15) is 8.42 Å². The second-order valence-electron chi connectivity index (χ2n) is 3.87. The fourth-order valence-corrected chi connectivity index (χ4v) is 2.23. The topological polar surface area (TPSA) is 78.0 Å². The Morgan fingerprint density at radius 2 is 2.06 bits per heavy atom. The van der Waals surface area contributed by atoms with Crippen molar-refractivity contribution in [2.24, 2.45) is 7.05 Å². The van der Waals surface area contributed by atoms with Crippen LogP contribution in [-0.4, -0.2) is 24.5 Å². The highest BCUT2D eigenvalue weighted by Gasteiger charge is 2.11. The van der Waals surface area contributed by atoms with Crippen molar-refractivity contribution in [1.29, 1.82) is 0 Å². The third-order valence-electron chi connectivity index (χ3n) is 2.56. The molecular weight excluding hydrogens is 238 g/mol. The molecule has 1 heterocycles. The maximum absolute atomic E-state index is 11.5. The van der Waals surface area contributed by atoms with Crippen LogP contribution in [0.2, 0.25) is 0 Å². The maximum atomic E-state index is 11.5. The zero-order valence-electron chi connectivity index (χ0n) is 9.58. The van der Waals surface area contributed by atoms with Gasteiger partial charge in [-0.2, -0.15) is 5.10 Å². The molecule has 5 nitrogen and oxygen atoms in total. The van der Waals surface area contributed by atoms with Crippen molar-refractivity contribution < 1.29 is 8.42 Å². The van der Waals surface area contributed by atoms with Gasteiger partial charge in [-0.1, -0.05) is 12.1 Å². The first-order valence-electron chi connectivity index (χ1n) is 4.97. The minimum absolute atomic E-state index is 0.276. The van der Waals surface area contributed by atoms with Gasteiger partial charge in [0.1, 0.15) is 5.82 Å². The number of nitrogen functional groups attached to an aromatic ring is 1. The lowest BCUT2D eigenvalue weighted by Gasteiger charge is -2.03. The predicted molar refractivity (Wildman–Crippen MR) is 66.2 cm³/mol. The quantitative estimate of drug-likeness (QED) is 0.866. The molecule has 0 atom stereocenters. The van der Waals surface area contributed by atoms with Gasteiger partial charge in [-0.15, -0.1) is 0 Å². The van der Waals surface area contributed by atoms with E-state index in [1.54, 1.807) is 36.1 Å². The lowest BCUT2D eigenvalue weighted by atomic mass is 10.1. The van der Waals surface area contributed by atoms with Crippen molar-refractivity contribution in [3.05, 3.63) is 30.5 Å². The smallest absolute Gasteiger partial charge is 0.175 e. The Morgan fingerprint density at radius 3 is 2.59 bits per heavy atom. The first-order valence-corrected chi connectivity index (χ1v) is 6.86. The Kier molecular flexibility index (Phi) is 2.66. The summed E-state index contributed by atoms with van der Waals surface area (Å²) < 4.78 is 24.5. The summed E-state index contributed by atoms with van der Waals surface area (Å²) in [5, 5.41) is 4.03. The summed E-state index contributed by atoms with van der Waals surface area (Å²) in [5.74, 6) is 0.510. The third-order valence-corrected chi connectivity index (χ3v) is 3.67. The zero-order valence-corrected chi connectivity index (χ0v) is 10.4. The lowest BCUT2D eigenvalue weighted by Crippen LogP contribution is -1.99. The third kappa shape index (κ3) is 2.16. The molecule has 0 saturated heterocycles. The highest BCUT2D eigenvalue weighted by molar-refractivity contribution is 7.90. The fraction of sp³-hybridized carbons (Fsp3) is 0.182. The standard InChI is InChI=1S/C11H13N3O2S/c1-14-11(12)10(7-13-14)8-4-3-5-9(6-8)17(2,15)16/h3-7H,12H2,1-2H3. The van der Waals surface area contributed by atoms with E-state index in [1.165, 1.54) is 6.26 Å². The van der Waals surface area contributed by atoms with Gasteiger partial charge in [0.15, 0.2) is 9.84 Å². The maximum Gasteiger partial charge on any atom is 0.175 e. The average Bonchev–Trinajstić information content (AvgIpc) is 2.59. The number of aromatic nitrogens is 2. The molecule has 6 heteroatoms. The molecule has 1 aromatic carbocycles.